The Kier molecular flexibility index (Phi) is 5.15. The van der Waals surface area contributed by atoms with E-state index in [1.54, 1.807) is 38.1 Å². The molecule has 0 aliphatic rings. The van der Waals surface area contributed by atoms with Crippen LogP contribution in [0.3, 0.4) is 0 Å². The van der Waals surface area contributed by atoms with Gasteiger partial charge in [0.1, 0.15) is 0 Å². The number of hydrogen-bond donors (Lipinski definition) is 2. The first-order chi connectivity index (χ1) is 10.8. The number of amides is 1. The van der Waals surface area contributed by atoms with Crippen LogP contribution in [0, 0.1) is 12.8 Å². The largest absolute Gasteiger partial charge is 0.388 e. The van der Waals surface area contributed by atoms with Crippen LogP contribution in [0.25, 0.3) is 11.5 Å². The Morgan fingerprint density at radius 2 is 2.04 bits per heavy atom. The zero-order chi connectivity index (χ0) is 17.0. The molecule has 1 heterocycles. The maximum atomic E-state index is 12.2. The molecule has 2 rings (SSSR count). The van der Waals surface area contributed by atoms with Crippen molar-refractivity contribution in [3.8, 4) is 11.5 Å². The topological polar surface area (TPSA) is 88.2 Å². The van der Waals surface area contributed by atoms with Crippen molar-refractivity contribution in [1.29, 1.82) is 0 Å². The van der Waals surface area contributed by atoms with E-state index in [1.165, 1.54) is 0 Å². The molecule has 2 unspecified atom stereocenters. The van der Waals surface area contributed by atoms with Gasteiger partial charge in [0.25, 0.3) is 11.8 Å². The lowest BCUT2D eigenvalue weighted by Crippen LogP contribution is -2.45. The Morgan fingerprint density at radius 1 is 1.39 bits per heavy atom. The summed E-state index contributed by atoms with van der Waals surface area (Å²) in [4.78, 5) is 16.3. The van der Waals surface area contributed by atoms with Crippen molar-refractivity contribution in [2.45, 2.75) is 39.7 Å². The van der Waals surface area contributed by atoms with Crippen LogP contribution < -0.4 is 5.32 Å². The smallest absolute Gasteiger partial charge is 0.257 e. The van der Waals surface area contributed by atoms with Crippen LogP contribution in [-0.4, -0.2) is 33.3 Å². The first-order valence-corrected chi connectivity index (χ1v) is 7.75. The number of aromatic nitrogens is 2. The number of aliphatic hydroxyl groups is 1. The highest BCUT2D eigenvalue weighted by Crippen LogP contribution is 2.20. The highest BCUT2D eigenvalue weighted by molar-refractivity contribution is 5.94. The minimum Gasteiger partial charge on any atom is -0.388 e. The van der Waals surface area contributed by atoms with Crippen LogP contribution in [0.1, 0.15) is 43.4 Å². The van der Waals surface area contributed by atoms with Gasteiger partial charge in [0.05, 0.1) is 5.60 Å². The molecule has 2 N–H and O–H groups in total. The van der Waals surface area contributed by atoms with E-state index in [2.05, 4.69) is 15.5 Å². The van der Waals surface area contributed by atoms with Crippen LogP contribution in [0.5, 0.6) is 0 Å². The number of benzene rings is 1. The lowest BCUT2D eigenvalue weighted by atomic mass is 9.88. The Hall–Kier alpha value is -2.21. The zero-order valence-corrected chi connectivity index (χ0v) is 14.0. The van der Waals surface area contributed by atoms with E-state index in [-0.39, 0.29) is 18.4 Å². The third-order valence-corrected chi connectivity index (χ3v) is 4.20. The van der Waals surface area contributed by atoms with Gasteiger partial charge in [0.2, 0.25) is 0 Å². The van der Waals surface area contributed by atoms with Crippen molar-refractivity contribution in [2.24, 2.45) is 5.92 Å². The van der Waals surface area contributed by atoms with Crippen molar-refractivity contribution in [3.63, 3.8) is 0 Å². The molecule has 0 spiro atoms. The number of nitrogens with zero attached hydrogens (tertiary/aromatic N) is 2. The molecule has 0 aliphatic carbocycles. The van der Waals surface area contributed by atoms with E-state index in [0.29, 0.717) is 17.3 Å². The number of carbonyl (C=O) groups excluding carboxylic acids is 1. The molecule has 2 aromatic rings. The third kappa shape index (κ3) is 4.16. The minimum absolute atomic E-state index is 0.103. The van der Waals surface area contributed by atoms with Gasteiger partial charge in [-0.15, -0.1) is 0 Å². The second kappa shape index (κ2) is 6.91. The molecular formula is C17H23N3O3. The van der Waals surface area contributed by atoms with Gasteiger partial charge in [-0.25, -0.2) is 0 Å². The summed E-state index contributed by atoms with van der Waals surface area (Å²) in [7, 11) is 0. The van der Waals surface area contributed by atoms with Crippen molar-refractivity contribution >= 4 is 5.91 Å². The molecule has 23 heavy (non-hydrogen) atoms. The molecule has 0 aliphatic heterocycles. The van der Waals surface area contributed by atoms with Gasteiger partial charge >= 0.3 is 0 Å². The monoisotopic (exact) mass is 317 g/mol. The van der Waals surface area contributed by atoms with Crippen molar-refractivity contribution in [3.05, 3.63) is 35.7 Å². The Bertz CT molecular complexity index is 662. The fourth-order valence-electron chi connectivity index (χ4n) is 2.15. The van der Waals surface area contributed by atoms with E-state index in [0.717, 1.165) is 12.0 Å². The normalized spacial score (nSPS) is 15.0. The predicted molar refractivity (Wildman–Crippen MR) is 86.9 cm³/mol. The van der Waals surface area contributed by atoms with Crippen LogP contribution in [0.4, 0.5) is 0 Å². The second-order valence-corrected chi connectivity index (χ2v) is 6.07. The maximum Gasteiger partial charge on any atom is 0.257 e. The number of carbonyl (C=O) groups is 1. The summed E-state index contributed by atoms with van der Waals surface area (Å²) >= 11 is 0. The fraction of sp³-hybridized carbons (Fsp3) is 0.471. The number of aryl methyl sites for hydroxylation is 1. The molecule has 6 heteroatoms. The number of hydrogen-bond acceptors (Lipinski definition) is 5. The van der Waals surface area contributed by atoms with Crippen molar-refractivity contribution in [2.75, 3.05) is 6.54 Å². The zero-order valence-electron chi connectivity index (χ0n) is 14.0. The molecule has 1 aromatic carbocycles. The van der Waals surface area contributed by atoms with Gasteiger partial charge in [0, 0.05) is 17.7 Å². The average Bonchev–Trinajstić information content (AvgIpc) is 2.98. The molecule has 0 saturated heterocycles. The van der Waals surface area contributed by atoms with Crippen LogP contribution in [0.15, 0.2) is 28.8 Å². The van der Waals surface area contributed by atoms with E-state index in [9.17, 15) is 9.90 Å². The molecule has 1 amide bonds. The van der Waals surface area contributed by atoms with E-state index in [4.69, 9.17) is 4.52 Å². The van der Waals surface area contributed by atoms with Gasteiger partial charge in [-0.2, -0.15) is 4.98 Å². The molecule has 0 fully saturated rings. The maximum absolute atomic E-state index is 12.2. The summed E-state index contributed by atoms with van der Waals surface area (Å²) in [5.74, 6) is 0.871. The highest BCUT2D eigenvalue weighted by Gasteiger charge is 2.27. The molecule has 1 aromatic heterocycles. The fourth-order valence-corrected chi connectivity index (χ4v) is 2.15. The van der Waals surface area contributed by atoms with E-state index in [1.807, 2.05) is 13.8 Å². The second-order valence-electron chi connectivity index (χ2n) is 6.07. The first-order valence-electron chi connectivity index (χ1n) is 7.75. The lowest BCUT2D eigenvalue weighted by Gasteiger charge is -2.29. The van der Waals surface area contributed by atoms with Crippen LogP contribution in [0.2, 0.25) is 0 Å². The minimum atomic E-state index is -0.925. The van der Waals surface area contributed by atoms with Crippen LogP contribution >= 0.6 is 0 Å². The molecule has 124 valence electrons. The summed E-state index contributed by atoms with van der Waals surface area (Å²) in [6, 6.07) is 6.91. The first kappa shape index (κ1) is 17.1. The van der Waals surface area contributed by atoms with Crippen molar-refractivity contribution < 1.29 is 14.4 Å². The lowest BCUT2D eigenvalue weighted by molar-refractivity contribution is 0.00593. The highest BCUT2D eigenvalue weighted by atomic mass is 16.5. The van der Waals surface area contributed by atoms with Gasteiger partial charge in [-0.3, -0.25) is 4.79 Å². The molecular weight excluding hydrogens is 294 g/mol. The Labute approximate surface area is 135 Å². The molecule has 0 saturated carbocycles. The SMILES string of the molecule is CCC(C)C(C)(O)CNC(=O)c1ccc(-c2nc(C)no2)cc1. The van der Waals surface area contributed by atoms with E-state index >= 15 is 0 Å². The van der Waals surface area contributed by atoms with Crippen LogP contribution in [-0.2, 0) is 0 Å². The predicted octanol–water partition coefficient (Wildman–Crippen LogP) is 2.57. The standard InChI is InChI=1S/C17H23N3O3/c1-5-11(2)17(4,22)10-18-15(21)13-6-8-14(9-7-13)16-19-12(3)20-23-16/h6-9,11,22H,5,10H2,1-4H3,(H,18,21). The average molecular weight is 317 g/mol. The molecule has 2 atom stereocenters. The van der Waals surface area contributed by atoms with Crippen molar-refractivity contribution in [1.82, 2.24) is 15.5 Å². The molecule has 0 radical (unpaired) electrons. The van der Waals surface area contributed by atoms with Gasteiger partial charge in [0.15, 0.2) is 5.82 Å². The van der Waals surface area contributed by atoms with Gasteiger partial charge in [-0.1, -0.05) is 25.4 Å². The summed E-state index contributed by atoms with van der Waals surface area (Å²) in [5.41, 5.74) is 0.352. The Morgan fingerprint density at radius 3 is 2.57 bits per heavy atom. The summed E-state index contributed by atoms with van der Waals surface area (Å²) in [6.45, 7) is 7.68. The summed E-state index contributed by atoms with van der Waals surface area (Å²) in [5, 5.41) is 16.8. The third-order valence-electron chi connectivity index (χ3n) is 4.20. The van der Waals surface area contributed by atoms with Gasteiger partial charge < -0.3 is 14.9 Å². The quantitative estimate of drug-likeness (QED) is 0.855. The summed E-state index contributed by atoms with van der Waals surface area (Å²) < 4.78 is 5.09. The molecule has 0 bridgehead atoms. The summed E-state index contributed by atoms with van der Waals surface area (Å²) in [6.07, 6.45) is 0.848. The Balaban J connectivity index is 2.00. The van der Waals surface area contributed by atoms with E-state index < -0.39 is 5.60 Å². The number of rotatable bonds is 6. The van der Waals surface area contributed by atoms with Gasteiger partial charge in [-0.05, 0) is 44.0 Å². The number of nitrogens with one attached hydrogen (secondary N) is 1. The molecule has 6 nitrogen and oxygen atoms in total.